The van der Waals surface area contributed by atoms with Crippen LogP contribution >= 0.6 is 11.8 Å². The highest BCUT2D eigenvalue weighted by atomic mass is 32.2. The molecule has 2 fully saturated rings. The maximum atomic E-state index is 9.21. The van der Waals surface area contributed by atoms with Crippen molar-refractivity contribution in [3.63, 3.8) is 0 Å². The van der Waals surface area contributed by atoms with Crippen LogP contribution < -0.4 is 0 Å². The fraction of sp³-hybridized carbons (Fsp3) is 0.909. The van der Waals surface area contributed by atoms with E-state index in [0.29, 0.717) is 0 Å². The van der Waals surface area contributed by atoms with Gasteiger partial charge in [0.1, 0.15) is 4.75 Å². The highest BCUT2D eigenvalue weighted by Crippen LogP contribution is 2.45. The van der Waals surface area contributed by atoms with Gasteiger partial charge < -0.3 is 0 Å². The number of hydrogen-bond acceptors (Lipinski definition) is 2. The molecular weight excluding hydrogens is 178 g/mol. The van der Waals surface area contributed by atoms with Gasteiger partial charge in [0.25, 0.3) is 0 Å². The zero-order valence-corrected chi connectivity index (χ0v) is 8.91. The zero-order chi connectivity index (χ0) is 9.15. The molecule has 2 rings (SSSR count). The van der Waals surface area contributed by atoms with Crippen molar-refractivity contribution in [3.05, 3.63) is 0 Å². The standard InChI is InChI=1S/C11H17NS/c12-9-11(6-3-7-13-11)8-10-4-1-2-5-10/h10H,1-8H2. The summed E-state index contributed by atoms with van der Waals surface area (Å²) < 4.78 is 0.0228. The zero-order valence-electron chi connectivity index (χ0n) is 8.09. The van der Waals surface area contributed by atoms with Crippen LogP contribution in [0.15, 0.2) is 0 Å². The van der Waals surface area contributed by atoms with Gasteiger partial charge in [-0.2, -0.15) is 5.26 Å². The molecule has 1 saturated carbocycles. The molecule has 0 radical (unpaired) electrons. The van der Waals surface area contributed by atoms with Crippen molar-refractivity contribution in [2.45, 2.75) is 49.7 Å². The van der Waals surface area contributed by atoms with Crippen LogP contribution in [0, 0.1) is 17.2 Å². The first-order valence-electron chi connectivity index (χ1n) is 5.40. The summed E-state index contributed by atoms with van der Waals surface area (Å²) in [5, 5.41) is 9.21. The van der Waals surface area contributed by atoms with Crippen molar-refractivity contribution in [1.82, 2.24) is 0 Å². The van der Waals surface area contributed by atoms with Gasteiger partial charge in [-0.05, 0) is 30.9 Å². The third kappa shape index (κ3) is 2.02. The summed E-state index contributed by atoms with van der Waals surface area (Å²) in [6, 6.07) is 2.57. The van der Waals surface area contributed by atoms with E-state index in [1.807, 2.05) is 11.8 Å². The molecule has 1 heterocycles. The van der Waals surface area contributed by atoms with Crippen molar-refractivity contribution >= 4 is 11.8 Å². The van der Waals surface area contributed by atoms with E-state index < -0.39 is 0 Å². The van der Waals surface area contributed by atoms with Gasteiger partial charge in [-0.3, -0.25) is 0 Å². The molecule has 1 aliphatic carbocycles. The Balaban J connectivity index is 1.93. The van der Waals surface area contributed by atoms with Crippen LogP contribution in [0.3, 0.4) is 0 Å². The van der Waals surface area contributed by atoms with Crippen LogP contribution in [-0.2, 0) is 0 Å². The van der Waals surface area contributed by atoms with Gasteiger partial charge in [0.15, 0.2) is 0 Å². The number of rotatable bonds is 2. The molecular formula is C11H17NS. The summed E-state index contributed by atoms with van der Waals surface area (Å²) in [5.41, 5.74) is 0. The van der Waals surface area contributed by atoms with Crippen LogP contribution in [0.2, 0.25) is 0 Å². The Morgan fingerprint density at radius 3 is 2.62 bits per heavy atom. The Hall–Kier alpha value is -0.160. The summed E-state index contributed by atoms with van der Waals surface area (Å²) in [6.07, 6.45) is 9.13. The quantitative estimate of drug-likeness (QED) is 0.674. The van der Waals surface area contributed by atoms with Crippen LogP contribution in [0.25, 0.3) is 0 Å². The van der Waals surface area contributed by atoms with Crippen LogP contribution in [0.4, 0.5) is 0 Å². The molecule has 1 unspecified atom stereocenters. The smallest absolute Gasteiger partial charge is 0.103 e. The summed E-state index contributed by atoms with van der Waals surface area (Å²) in [5.74, 6) is 2.07. The Labute approximate surface area is 84.9 Å². The lowest BCUT2D eigenvalue weighted by Crippen LogP contribution is -2.21. The summed E-state index contributed by atoms with van der Waals surface area (Å²) in [6.45, 7) is 0. The average Bonchev–Trinajstić information content (AvgIpc) is 2.77. The Morgan fingerprint density at radius 1 is 1.31 bits per heavy atom. The van der Waals surface area contributed by atoms with Gasteiger partial charge in [-0.15, -0.1) is 11.8 Å². The predicted molar refractivity (Wildman–Crippen MR) is 56.6 cm³/mol. The van der Waals surface area contributed by atoms with Crippen molar-refractivity contribution in [3.8, 4) is 6.07 Å². The van der Waals surface area contributed by atoms with Gasteiger partial charge in [0.2, 0.25) is 0 Å². The first-order valence-corrected chi connectivity index (χ1v) is 6.38. The first-order chi connectivity index (χ1) is 6.35. The normalized spacial score (nSPS) is 35.0. The topological polar surface area (TPSA) is 23.8 Å². The van der Waals surface area contributed by atoms with Crippen molar-refractivity contribution in [2.75, 3.05) is 5.75 Å². The third-order valence-electron chi connectivity index (χ3n) is 3.40. The third-order valence-corrected chi connectivity index (χ3v) is 4.91. The second-order valence-electron chi connectivity index (χ2n) is 4.41. The lowest BCUT2D eigenvalue weighted by molar-refractivity contribution is 0.448. The number of nitriles is 1. The maximum absolute atomic E-state index is 9.21. The number of thioether (sulfide) groups is 1. The largest absolute Gasteiger partial charge is 0.197 e. The monoisotopic (exact) mass is 195 g/mol. The van der Waals surface area contributed by atoms with Crippen molar-refractivity contribution in [2.24, 2.45) is 5.92 Å². The number of nitrogens with zero attached hydrogens (tertiary/aromatic N) is 1. The van der Waals surface area contributed by atoms with Crippen LogP contribution in [0.1, 0.15) is 44.9 Å². The molecule has 0 spiro atoms. The molecule has 0 aromatic heterocycles. The highest BCUT2D eigenvalue weighted by Gasteiger charge is 2.37. The van der Waals surface area contributed by atoms with Crippen molar-refractivity contribution in [1.29, 1.82) is 5.26 Å². The molecule has 0 bridgehead atoms. The fourth-order valence-corrected chi connectivity index (χ4v) is 4.06. The van der Waals surface area contributed by atoms with E-state index in [-0.39, 0.29) is 4.75 Å². The van der Waals surface area contributed by atoms with E-state index >= 15 is 0 Å². The number of hydrogen-bond donors (Lipinski definition) is 0. The fourth-order valence-electron chi connectivity index (χ4n) is 2.67. The van der Waals surface area contributed by atoms with E-state index in [1.54, 1.807) is 0 Å². The Morgan fingerprint density at radius 2 is 2.08 bits per heavy atom. The van der Waals surface area contributed by atoms with Crippen LogP contribution in [0.5, 0.6) is 0 Å². The molecule has 2 heteroatoms. The molecule has 13 heavy (non-hydrogen) atoms. The van der Waals surface area contributed by atoms with E-state index in [9.17, 15) is 5.26 Å². The van der Waals surface area contributed by atoms with Gasteiger partial charge in [0.05, 0.1) is 6.07 Å². The van der Waals surface area contributed by atoms with Crippen LogP contribution in [-0.4, -0.2) is 10.5 Å². The Bertz CT molecular complexity index is 207. The minimum Gasteiger partial charge on any atom is -0.197 e. The van der Waals surface area contributed by atoms with Gasteiger partial charge >= 0.3 is 0 Å². The molecule has 0 aromatic rings. The summed E-state index contributed by atoms with van der Waals surface area (Å²) >= 11 is 1.92. The Kier molecular flexibility index (Phi) is 2.83. The second-order valence-corrected chi connectivity index (χ2v) is 5.89. The molecule has 1 nitrogen and oxygen atoms in total. The lowest BCUT2D eigenvalue weighted by Gasteiger charge is -2.22. The minimum atomic E-state index is 0.0228. The average molecular weight is 195 g/mol. The molecule has 1 saturated heterocycles. The lowest BCUT2D eigenvalue weighted by atomic mass is 9.91. The van der Waals surface area contributed by atoms with Gasteiger partial charge in [-0.25, -0.2) is 0 Å². The van der Waals surface area contributed by atoms with E-state index in [1.165, 1.54) is 44.3 Å². The van der Waals surface area contributed by atoms with E-state index in [0.717, 1.165) is 12.3 Å². The second kappa shape index (κ2) is 3.92. The summed E-state index contributed by atoms with van der Waals surface area (Å²) in [7, 11) is 0. The molecule has 0 aromatic carbocycles. The molecule has 2 aliphatic rings. The van der Waals surface area contributed by atoms with E-state index in [4.69, 9.17) is 0 Å². The highest BCUT2D eigenvalue weighted by molar-refractivity contribution is 8.01. The molecule has 1 aliphatic heterocycles. The summed E-state index contributed by atoms with van der Waals surface area (Å²) in [4.78, 5) is 0. The minimum absolute atomic E-state index is 0.0228. The first kappa shape index (κ1) is 9.40. The molecule has 1 atom stereocenters. The predicted octanol–water partition coefficient (Wildman–Crippen LogP) is 3.36. The van der Waals surface area contributed by atoms with Gasteiger partial charge in [-0.1, -0.05) is 25.7 Å². The van der Waals surface area contributed by atoms with E-state index in [2.05, 4.69) is 6.07 Å². The maximum Gasteiger partial charge on any atom is 0.103 e. The van der Waals surface area contributed by atoms with Crippen molar-refractivity contribution < 1.29 is 0 Å². The van der Waals surface area contributed by atoms with Gasteiger partial charge in [0, 0.05) is 0 Å². The molecule has 0 N–H and O–H groups in total. The SMILES string of the molecule is N#CC1(CC2CCCC2)CCCS1. The molecule has 72 valence electrons. The molecule has 0 amide bonds.